The standard InChI is InChI=1S/C20H25BOP/c1-15-4-8-18(9-5-15)23(21,19-10-6-16(2)7-11-19)20(3)12-17(13-20)14-22/h4-11,17,22H,12-14H2,1-3H3. The van der Waals surface area contributed by atoms with Crippen molar-refractivity contribution >= 4 is 25.3 Å². The van der Waals surface area contributed by atoms with Crippen LogP contribution in [0.2, 0.25) is 0 Å². The Morgan fingerprint density at radius 1 is 0.957 bits per heavy atom. The van der Waals surface area contributed by atoms with E-state index >= 15 is 0 Å². The van der Waals surface area contributed by atoms with E-state index in [0.29, 0.717) is 5.92 Å². The number of benzene rings is 2. The van der Waals surface area contributed by atoms with Gasteiger partial charge in [0.1, 0.15) is 0 Å². The highest BCUT2D eigenvalue weighted by Gasteiger charge is 2.52. The minimum atomic E-state index is -1.99. The second-order valence-electron chi connectivity index (χ2n) is 7.35. The van der Waals surface area contributed by atoms with Gasteiger partial charge >= 0.3 is 0 Å². The van der Waals surface area contributed by atoms with Gasteiger partial charge in [0.25, 0.3) is 0 Å². The van der Waals surface area contributed by atoms with Crippen LogP contribution in [0.1, 0.15) is 30.9 Å². The molecular formula is C20H25BOP. The summed E-state index contributed by atoms with van der Waals surface area (Å²) in [6, 6.07) is 17.5. The molecule has 0 bridgehead atoms. The van der Waals surface area contributed by atoms with Crippen LogP contribution in [-0.4, -0.2) is 24.4 Å². The van der Waals surface area contributed by atoms with Crippen molar-refractivity contribution in [2.75, 3.05) is 6.61 Å². The summed E-state index contributed by atoms with van der Waals surface area (Å²) in [5, 5.41) is 12.1. The van der Waals surface area contributed by atoms with E-state index in [4.69, 9.17) is 7.57 Å². The quantitative estimate of drug-likeness (QED) is 0.674. The van der Waals surface area contributed by atoms with Gasteiger partial charge in [-0.1, -0.05) is 35.4 Å². The van der Waals surface area contributed by atoms with Crippen LogP contribution in [0, 0.1) is 19.8 Å². The highest BCUT2D eigenvalue weighted by molar-refractivity contribution is 8.09. The predicted octanol–water partition coefficient (Wildman–Crippen LogP) is 3.52. The Balaban J connectivity index is 2.10. The van der Waals surface area contributed by atoms with Crippen LogP contribution in [0.4, 0.5) is 0 Å². The number of rotatable bonds is 4. The van der Waals surface area contributed by atoms with Gasteiger partial charge in [-0.3, -0.25) is 7.57 Å². The lowest BCUT2D eigenvalue weighted by molar-refractivity contribution is 0.132. The fraction of sp³-hybridized carbons (Fsp3) is 0.400. The minimum Gasteiger partial charge on any atom is -0.396 e. The van der Waals surface area contributed by atoms with Gasteiger partial charge in [0, 0.05) is 22.4 Å². The molecule has 2 aromatic carbocycles. The predicted molar refractivity (Wildman–Crippen MR) is 103 cm³/mol. The molecule has 119 valence electrons. The Labute approximate surface area is 141 Å². The summed E-state index contributed by atoms with van der Waals surface area (Å²) < 4.78 is 0. The normalized spacial score (nSPS) is 24.3. The first-order valence-electron chi connectivity index (χ1n) is 8.32. The number of aliphatic hydroxyl groups is 1. The minimum absolute atomic E-state index is 0.0743. The van der Waals surface area contributed by atoms with Gasteiger partial charge in [-0.15, -0.1) is 0 Å². The van der Waals surface area contributed by atoms with Crippen LogP contribution in [0.5, 0.6) is 0 Å². The van der Waals surface area contributed by atoms with Gasteiger partial charge in [-0.2, -0.15) is 7.14 Å². The highest BCUT2D eigenvalue weighted by atomic mass is 31.2. The molecule has 23 heavy (non-hydrogen) atoms. The number of aryl methyl sites for hydroxylation is 2. The Bertz CT molecular complexity index is 626. The van der Waals surface area contributed by atoms with Crippen molar-refractivity contribution in [2.24, 2.45) is 5.92 Å². The zero-order chi connectivity index (χ0) is 16.7. The molecular weight excluding hydrogens is 298 g/mol. The zero-order valence-corrected chi connectivity index (χ0v) is 15.2. The Hall–Kier alpha value is -1.11. The van der Waals surface area contributed by atoms with E-state index in [1.54, 1.807) is 0 Å². The third-order valence-electron chi connectivity index (χ3n) is 5.45. The monoisotopic (exact) mass is 323 g/mol. The van der Waals surface area contributed by atoms with Crippen LogP contribution >= 0.6 is 7.14 Å². The van der Waals surface area contributed by atoms with E-state index in [1.165, 1.54) is 21.7 Å². The average Bonchev–Trinajstić information content (AvgIpc) is 2.52. The molecule has 1 nitrogen and oxygen atoms in total. The largest absolute Gasteiger partial charge is 0.396 e. The molecule has 2 aromatic rings. The van der Waals surface area contributed by atoms with Crippen molar-refractivity contribution in [1.82, 2.24) is 0 Å². The van der Waals surface area contributed by atoms with Crippen LogP contribution in [-0.2, 0) is 0 Å². The van der Waals surface area contributed by atoms with Crippen molar-refractivity contribution in [3.05, 3.63) is 59.7 Å². The van der Waals surface area contributed by atoms with Gasteiger partial charge in [-0.25, -0.2) is 0 Å². The summed E-state index contributed by atoms with van der Waals surface area (Å²) in [5.74, 6) is 0.402. The molecule has 1 aliphatic carbocycles. The molecule has 0 atom stereocenters. The number of hydrogen-bond acceptors (Lipinski definition) is 1. The maximum atomic E-state index is 9.47. The third-order valence-corrected chi connectivity index (χ3v) is 9.74. The fourth-order valence-electron chi connectivity index (χ4n) is 3.93. The van der Waals surface area contributed by atoms with Crippen LogP contribution in [0.15, 0.2) is 48.5 Å². The third kappa shape index (κ3) is 2.77. The lowest BCUT2D eigenvalue weighted by Gasteiger charge is -2.59. The summed E-state index contributed by atoms with van der Waals surface area (Å²) in [7, 11) is 5.24. The van der Waals surface area contributed by atoms with E-state index in [-0.39, 0.29) is 11.8 Å². The van der Waals surface area contributed by atoms with Gasteiger partial charge in [-0.05, 0) is 63.8 Å². The van der Waals surface area contributed by atoms with E-state index < -0.39 is 7.14 Å². The molecule has 1 fully saturated rings. The summed E-state index contributed by atoms with van der Waals surface area (Å²) in [5.41, 5.74) is 2.52. The molecule has 0 amide bonds. The van der Waals surface area contributed by atoms with E-state index in [9.17, 15) is 5.11 Å². The molecule has 0 saturated heterocycles. The lowest BCUT2D eigenvalue weighted by atomic mass is 9.75. The summed E-state index contributed by atoms with van der Waals surface area (Å²) in [6.07, 6.45) is 2.02. The second-order valence-corrected chi connectivity index (χ2v) is 10.9. The van der Waals surface area contributed by atoms with Crippen molar-refractivity contribution in [3.8, 4) is 0 Å². The molecule has 0 aliphatic heterocycles. The number of hydrogen-bond donors (Lipinski definition) is 1. The molecule has 1 N–H and O–H groups in total. The Kier molecular flexibility index (Phi) is 4.42. The molecule has 0 aromatic heterocycles. The fourth-order valence-corrected chi connectivity index (χ4v) is 7.81. The first kappa shape index (κ1) is 16.7. The van der Waals surface area contributed by atoms with Crippen molar-refractivity contribution < 1.29 is 5.11 Å². The van der Waals surface area contributed by atoms with E-state index in [1.807, 2.05) is 0 Å². The maximum absolute atomic E-state index is 9.47. The van der Waals surface area contributed by atoms with Crippen molar-refractivity contribution in [2.45, 2.75) is 38.8 Å². The van der Waals surface area contributed by atoms with Gasteiger partial charge in [0.15, 0.2) is 0 Å². The number of aliphatic hydroxyl groups excluding tert-OH is 1. The molecule has 3 radical (unpaired) electrons. The van der Waals surface area contributed by atoms with Gasteiger partial charge in [0.05, 0.1) is 0 Å². The molecule has 0 heterocycles. The Morgan fingerprint density at radius 2 is 1.35 bits per heavy atom. The smallest absolute Gasteiger partial charge is 0.0472 e. The van der Waals surface area contributed by atoms with Crippen molar-refractivity contribution in [1.29, 1.82) is 0 Å². The molecule has 1 aliphatic rings. The molecule has 3 heteroatoms. The summed E-state index contributed by atoms with van der Waals surface area (Å²) in [4.78, 5) is 0. The zero-order valence-electron chi connectivity index (χ0n) is 14.3. The van der Waals surface area contributed by atoms with E-state index in [0.717, 1.165) is 12.8 Å². The Morgan fingerprint density at radius 3 is 1.70 bits per heavy atom. The molecule has 1 saturated carbocycles. The SMILES string of the molecule is [B-][P+](c1ccc(C)cc1)(c1ccc(C)cc1)C1(C)CC(CO)C1. The first-order chi connectivity index (χ1) is 10.9. The molecule has 0 unspecified atom stereocenters. The molecule has 3 rings (SSSR count). The van der Waals surface area contributed by atoms with E-state index in [2.05, 4.69) is 69.3 Å². The highest BCUT2D eigenvalue weighted by Crippen LogP contribution is 2.71. The van der Waals surface area contributed by atoms with Crippen LogP contribution < -0.4 is 10.6 Å². The topological polar surface area (TPSA) is 20.2 Å². The van der Waals surface area contributed by atoms with Gasteiger partial charge in [0.2, 0.25) is 0 Å². The lowest BCUT2D eigenvalue weighted by Crippen LogP contribution is -2.50. The maximum Gasteiger partial charge on any atom is 0.0472 e. The van der Waals surface area contributed by atoms with Crippen LogP contribution in [0.3, 0.4) is 0 Å². The second kappa shape index (κ2) is 6.08. The van der Waals surface area contributed by atoms with Crippen LogP contribution in [0.25, 0.3) is 0 Å². The molecule has 0 spiro atoms. The first-order valence-corrected chi connectivity index (χ1v) is 10.2. The van der Waals surface area contributed by atoms with Gasteiger partial charge < -0.3 is 5.11 Å². The average molecular weight is 323 g/mol. The van der Waals surface area contributed by atoms with Crippen molar-refractivity contribution in [3.63, 3.8) is 0 Å². The summed E-state index contributed by atoms with van der Waals surface area (Å²) in [6.45, 7) is 6.81. The summed E-state index contributed by atoms with van der Waals surface area (Å²) >= 11 is 0.